The van der Waals surface area contributed by atoms with Crippen LogP contribution in [0.5, 0.6) is 5.75 Å². The normalized spacial score (nSPS) is 14.9. The van der Waals surface area contributed by atoms with Crippen LogP contribution in [0.15, 0.2) is 54.9 Å². The molecule has 142 valence electrons. The van der Waals surface area contributed by atoms with Crippen LogP contribution in [0.25, 0.3) is 10.8 Å². The number of ketones is 1. The van der Waals surface area contributed by atoms with Gasteiger partial charge in [-0.15, -0.1) is 0 Å². The van der Waals surface area contributed by atoms with Gasteiger partial charge in [-0.25, -0.2) is 0 Å². The van der Waals surface area contributed by atoms with E-state index in [-0.39, 0.29) is 12.3 Å². The Morgan fingerprint density at radius 1 is 1.25 bits per heavy atom. The molecule has 4 rings (SSSR count). The van der Waals surface area contributed by atoms with Gasteiger partial charge in [-0.1, -0.05) is 30.3 Å². The monoisotopic (exact) mass is 375 g/mol. The Kier molecular flexibility index (Phi) is 5.39. The molecule has 1 aliphatic heterocycles. The van der Waals surface area contributed by atoms with Crippen molar-refractivity contribution < 1.29 is 14.6 Å². The SMILES string of the molecule is NCC(C(=O)Cc1ccc2cnccc2c1)c1ccc2c(c1)B(O)NCCO2. The molecule has 0 aliphatic carbocycles. The van der Waals surface area contributed by atoms with E-state index in [1.165, 1.54) is 0 Å². The van der Waals surface area contributed by atoms with Crippen LogP contribution in [0.2, 0.25) is 0 Å². The van der Waals surface area contributed by atoms with Crippen LogP contribution in [-0.2, 0) is 11.2 Å². The first-order valence-electron chi connectivity index (χ1n) is 9.39. The summed E-state index contributed by atoms with van der Waals surface area (Å²) in [4.78, 5) is 17.1. The van der Waals surface area contributed by atoms with Crippen molar-refractivity contribution in [2.75, 3.05) is 19.7 Å². The van der Waals surface area contributed by atoms with E-state index >= 15 is 0 Å². The van der Waals surface area contributed by atoms with E-state index in [4.69, 9.17) is 10.5 Å². The Morgan fingerprint density at radius 3 is 3.00 bits per heavy atom. The quantitative estimate of drug-likeness (QED) is 0.570. The van der Waals surface area contributed by atoms with E-state index < -0.39 is 13.0 Å². The van der Waals surface area contributed by atoms with Crippen LogP contribution >= 0.6 is 0 Å². The number of Topliss-reactive ketones (excluding diaryl/α,β-unsaturated/α-hetero) is 1. The number of nitrogens with two attached hydrogens (primary N) is 1. The Labute approximate surface area is 163 Å². The van der Waals surface area contributed by atoms with Crippen LogP contribution in [0.1, 0.15) is 17.0 Å². The van der Waals surface area contributed by atoms with Crippen molar-refractivity contribution in [1.82, 2.24) is 10.2 Å². The predicted molar refractivity (Wildman–Crippen MR) is 110 cm³/mol. The van der Waals surface area contributed by atoms with Crippen molar-refractivity contribution in [2.24, 2.45) is 5.73 Å². The summed E-state index contributed by atoms with van der Waals surface area (Å²) in [6, 6.07) is 13.4. The van der Waals surface area contributed by atoms with E-state index in [1.807, 2.05) is 36.4 Å². The van der Waals surface area contributed by atoms with E-state index in [9.17, 15) is 9.82 Å². The fourth-order valence-corrected chi connectivity index (χ4v) is 3.62. The highest BCUT2D eigenvalue weighted by Crippen LogP contribution is 2.22. The second-order valence-electron chi connectivity index (χ2n) is 6.99. The van der Waals surface area contributed by atoms with Gasteiger partial charge in [0.15, 0.2) is 0 Å². The van der Waals surface area contributed by atoms with Crippen molar-refractivity contribution in [3.8, 4) is 5.75 Å². The molecule has 1 unspecified atom stereocenters. The molecule has 0 saturated carbocycles. The lowest BCUT2D eigenvalue weighted by Gasteiger charge is -2.17. The zero-order chi connectivity index (χ0) is 19.5. The lowest BCUT2D eigenvalue weighted by molar-refractivity contribution is -0.119. The van der Waals surface area contributed by atoms with Gasteiger partial charge in [-0.2, -0.15) is 0 Å². The average Bonchev–Trinajstić information content (AvgIpc) is 2.90. The molecule has 0 spiro atoms. The lowest BCUT2D eigenvalue weighted by atomic mass is 9.72. The number of nitrogens with one attached hydrogen (secondary N) is 1. The molecule has 0 amide bonds. The van der Waals surface area contributed by atoms with Crippen molar-refractivity contribution in [2.45, 2.75) is 12.3 Å². The van der Waals surface area contributed by atoms with Crippen LogP contribution in [-0.4, -0.2) is 42.5 Å². The number of aromatic nitrogens is 1. The Bertz CT molecular complexity index is 1010. The molecule has 7 heteroatoms. The minimum absolute atomic E-state index is 0.0489. The third-order valence-corrected chi connectivity index (χ3v) is 5.14. The van der Waals surface area contributed by atoms with Crippen LogP contribution in [0, 0.1) is 0 Å². The zero-order valence-corrected chi connectivity index (χ0v) is 15.5. The second kappa shape index (κ2) is 8.10. The highest BCUT2D eigenvalue weighted by molar-refractivity contribution is 6.64. The molecular formula is C21H22BN3O3. The summed E-state index contributed by atoms with van der Waals surface area (Å²) in [5.41, 5.74) is 8.33. The van der Waals surface area contributed by atoms with Gasteiger partial charge in [0.1, 0.15) is 11.5 Å². The van der Waals surface area contributed by atoms with E-state index in [0.717, 1.165) is 21.9 Å². The summed E-state index contributed by atoms with van der Waals surface area (Å²) >= 11 is 0. The smallest absolute Gasteiger partial charge is 0.417 e. The van der Waals surface area contributed by atoms with Gasteiger partial charge in [0, 0.05) is 42.8 Å². The molecule has 0 bridgehead atoms. The largest absolute Gasteiger partial charge is 0.493 e. The number of carbonyl (C=O) groups excluding carboxylic acids is 1. The van der Waals surface area contributed by atoms with Crippen LogP contribution < -0.4 is 21.2 Å². The van der Waals surface area contributed by atoms with E-state index in [1.54, 1.807) is 18.5 Å². The van der Waals surface area contributed by atoms with Gasteiger partial charge in [0.2, 0.25) is 0 Å². The number of fused-ring (bicyclic) bond motifs is 2. The maximum atomic E-state index is 13.0. The molecule has 1 aliphatic rings. The molecule has 2 heterocycles. The van der Waals surface area contributed by atoms with E-state index in [0.29, 0.717) is 30.8 Å². The number of ether oxygens (including phenoxy) is 1. The number of hydrogen-bond acceptors (Lipinski definition) is 6. The fourth-order valence-electron chi connectivity index (χ4n) is 3.62. The van der Waals surface area contributed by atoms with Gasteiger partial charge in [0.25, 0.3) is 0 Å². The van der Waals surface area contributed by atoms with Gasteiger partial charge in [-0.3, -0.25) is 9.78 Å². The molecule has 0 radical (unpaired) electrons. The second-order valence-corrected chi connectivity index (χ2v) is 6.99. The minimum atomic E-state index is -0.819. The number of benzene rings is 2. The first kappa shape index (κ1) is 18.6. The molecule has 0 saturated heterocycles. The Morgan fingerprint density at radius 2 is 2.14 bits per heavy atom. The summed E-state index contributed by atoms with van der Waals surface area (Å²) in [7, 11) is -0.819. The van der Waals surface area contributed by atoms with Gasteiger partial charge < -0.3 is 20.7 Å². The number of hydrogen-bond donors (Lipinski definition) is 3. The summed E-state index contributed by atoms with van der Waals surface area (Å²) in [5.74, 6) is 0.245. The van der Waals surface area contributed by atoms with Gasteiger partial charge >= 0.3 is 7.05 Å². The molecular weight excluding hydrogens is 353 g/mol. The molecule has 1 aromatic heterocycles. The van der Waals surface area contributed by atoms with Gasteiger partial charge in [0.05, 0.1) is 12.5 Å². The number of pyridine rings is 1. The molecule has 6 nitrogen and oxygen atoms in total. The third kappa shape index (κ3) is 3.78. The highest BCUT2D eigenvalue weighted by Gasteiger charge is 2.26. The summed E-state index contributed by atoms with van der Waals surface area (Å²) in [5, 5.41) is 15.4. The summed E-state index contributed by atoms with van der Waals surface area (Å²) < 4.78 is 5.64. The molecule has 2 aromatic carbocycles. The molecule has 3 aromatic rings. The third-order valence-electron chi connectivity index (χ3n) is 5.14. The molecule has 1 atom stereocenters. The fraction of sp³-hybridized carbons (Fsp3) is 0.238. The Hall–Kier alpha value is -2.74. The van der Waals surface area contributed by atoms with Crippen molar-refractivity contribution in [3.05, 3.63) is 66.0 Å². The average molecular weight is 375 g/mol. The first-order valence-corrected chi connectivity index (χ1v) is 9.39. The van der Waals surface area contributed by atoms with Crippen LogP contribution in [0.3, 0.4) is 0 Å². The maximum absolute atomic E-state index is 13.0. The molecule has 4 N–H and O–H groups in total. The van der Waals surface area contributed by atoms with E-state index in [2.05, 4.69) is 10.2 Å². The van der Waals surface area contributed by atoms with Crippen LogP contribution in [0.4, 0.5) is 0 Å². The van der Waals surface area contributed by atoms with Crippen molar-refractivity contribution in [1.29, 1.82) is 0 Å². The van der Waals surface area contributed by atoms with Crippen molar-refractivity contribution in [3.63, 3.8) is 0 Å². The van der Waals surface area contributed by atoms with Crippen molar-refractivity contribution >= 4 is 29.1 Å². The molecule has 28 heavy (non-hydrogen) atoms. The first-order chi connectivity index (χ1) is 13.7. The highest BCUT2D eigenvalue weighted by atomic mass is 16.5. The summed E-state index contributed by atoms with van der Waals surface area (Å²) in [6.07, 6.45) is 3.85. The topological polar surface area (TPSA) is 97.5 Å². The summed E-state index contributed by atoms with van der Waals surface area (Å²) in [6.45, 7) is 1.25. The number of nitrogens with zero attached hydrogens (tertiary/aromatic N) is 1. The Balaban J connectivity index is 1.58. The number of carbonyl (C=O) groups is 1. The zero-order valence-electron chi connectivity index (χ0n) is 15.5. The molecule has 0 fully saturated rings. The maximum Gasteiger partial charge on any atom is 0.417 e. The lowest BCUT2D eigenvalue weighted by Crippen LogP contribution is -2.44. The van der Waals surface area contributed by atoms with Gasteiger partial charge in [-0.05, 0) is 28.6 Å². The standard InChI is InChI=1S/C21H22BN3O3/c23-12-18(16-3-4-21-19(11-16)22(27)25-7-8-28-21)20(26)10-14-1-2-17-13-24-6-5-15(17)9-14/h1-6,9,11,13,18,25,27H,7-8,10,12,23H2. The minimum Gasteiger partial charge on any atom is -0.493 e. The predicted octanol–water partition coefficient (Wildman–Crippen LogP) is 0.758. The number of rotatable bonds is 5.